The zero-order chi connectivity index (χ0) is 19.4. The first-order valence-electron chi connectivity index (χ1n) is 8.81. The number of piperidine rings is 1. The topological polar surface area (TPSA) is 52.6 Å². The first kappa shape index (κ1) is 20.4. The minimum Gasteiger partial charge on any atom is -0.385 e. The Kier molecular flexibility index (Phi) is 6.66. The van der Waals surface area contributed by atoms with Gasteiger partial charge in [-0.1, -0.05) is 46.9 Å². The molecule has 1 fully saturated rings. The van der Waals surface area contributed by atoms with Crippen molar-refractivity contribution in [1.29, 1.82) is 0 Å². The lowest BCUT2D eigenvalue weighted by molar-refractivity contribution is -0.0255. The molecule has 1 aliphatic rings. The van der Waals surface area contributed by atoms with Gasteiger partial charge in [-0.2, -0.15) is 0 Å². The summed E-state index contributed by atoms with van der Waals surface area (Å²) in [5.74, 6) is -0.239. The Bertz CT molecular complexity index is 803. The molecule has 3 rings (SSSR count). The number of nitrogens with zero attached hydrogens (tertiary/aromatic N) is 1. The summed E-state index contributed by atoms with van der Waals surface area (Å²) in [5.41, 5.74) is 0.453. The van der Waals surface area contributed by atoms with Crippen molar-refractivity contribution in [3.63, 3.8) is 0 Å². The molecule has 144 valence electrons. The summed E-state index contributed by atoms with van der Waals surface area (Å²) in [6.07, 6.45) is 1.28. The first-order chi connectivity index (χ1) is 12.9. The number of amides is 1. The average Bonchev–Trinajstić information content (AvgIpc) is 2.66. The van der Waals surface area contributed by atoms with Gasteiger partial charge in [-0.3, -0.25) is 4.79 Å². The van der Waals surface area contributed by atoms with E-state index in [4.69, 9.17) is 34.8 Å². The number of rotatable bonds is 5. The molecule has 27 heavy (non-hydrogen) atoms. The fourth-order valence-electron chi connectivity index (χ4n) is 3.29. The number of hydrogen-bond acceptors (Lipinski definition) is 3. The Morgan fingerprint density at radius 1 is 1.04 bits per heavy atom. The molecule has 0 atom stereocenters. The number of halogens is 3. The van der Waals surface area contributed by atoms with Crippen LogP contribution in [0.15, 0.2) is 42.5 Å². The molecule has 0 unspecified atom stereocenters. The van der Waals surface area contributed by atoms with Crippen molar-refractivity contribution in [3.05, 3.63) is 68.7 Å². The van der Waals surface area contributed by atoms with Crippen molar-refractivity contribution in [2.75, 3.05) is 26.2 Å². The monoisotopic (exact) mass is 426 g/mol. The van der Waals surface area contributed by atoms with Crippen molar-refractivity contribution in [1.82, 2.24) is 10.2 Å². The number of benzene rings is 2. The number of likely N-dealkylation sites (tertiary alicyclic amines) is 1. The van der Waals surface area contributed by atoms with Crippen LogP contribution >= 0.6 is 34.8 Å². The molecule has 1 amide bonds. The van der Waals surface area contributed by atoms with E-state index in [9.17, 15) is 9.90 Å². The molecule has 2 aromatic rings. The van der Waals surface area contributed by atoms with Crippen molar-refractivity contribution >= 4 is 40.7 Å². The predicted molar refractivity (Wildman–Crippen MR) is 110 cm³/mol. The number of hydrogen-bond donors (Lipinski definition) is 2. The second-order valence-corrected chi connectivity index (χ2v) is 8.04. The Morgan fingerprint density at radius 3 is 2.33 bits per heavy atom. The molecule has 0 saturated carbocycles. The van der Waals surface area contributed by atoms with E-state index in [-0.39, 0.29) is 5.91 Å². The molecule has 0 aliphatic carbocycles. The third-order valence-corrected chi connectivity index (χ3v) is 5.77. The second-order valence-electron chi connectivity index (χ2n) is 6.76. The van der Waals surface area contributed by atoms with Gasteiger partial charge >= 0.3 is 0 Å². The molecule has 7 heteroatoms. The fourth-order valence-corrected chi connectivity index (χ4v) is 3.79. The maximum atomic E-state index is 12.3. The Balaban J connectivity index is 1.47. The second kappa shape index (κ2) is 8.80. The molecule has 2 N–H and O–H groups in total. The lowest BCUT2D eigenvalue weighted by atomic mass is 9.84. The van der Waals surface area contributed by atoms with E-state index in [1.165, 1.54) is 0 Å². The number of aliphatic hydroxyl groups is 1. The van der Waals surface area contributed by atoms with Crippen molar-refractivity contribution < 1.29 is 9.90 Å². The van der Waals surface area contributed by atoms with Crippen molar-refractivity contribution in [2.45, 2.75) is 18.4 Å². The lowest BCUT2D eigenvalue weighted by Gasteiger charge is -2.38. The highest BCUT2D eigenvalue weighted by Crippen LogP contribution is 2.33. The molecule has 1 aliphatic heterocycles. The summed E-state index contributed by atoms with van der Waals surface area (Å²) < 4.78 is 0. The zero-order valence-corrected chi connectivity index (χ0v) is 17.0. The van der Waals surface area contributed by atoms with Gasteiger partial charge < -0.3 is 15.3 Å². The van der Waals surface area contributed by atoms with E-state index in [2.05, 4.69) is 10.2 Å². The van der Waals surface area contributed by atoms with Gasteiger partial charge in [0.05, 0.1) is 16.2 Å². The number of carbonyl (C=O) groups excluding carboxylic acids is 1. The van der Waals surface area contributed by atoms with E-state index in [1.54, 1.807) is 30.3 Å². The van der Waals surface area contributed by atoms with Crippen molar-refractivity contribution in [2.24, 2.45) is 0 Å². The first-order valence-corrected chi connectivity index (χ1v) is 9.95. The third-order valence-electron chi connectivity index (χ3n) is 4.95. The summed E-state index contributed by atoms with van der Waals surface area (Å²) in [7, 11) is 0. The molecule has 0 radical (unpaired) electrons. The highest BCUT2D eigenvalue weighted by molar-refractivity contribution is 6.35. The van der Waals surface area contributed by atoms with E-state index >= 15 is 0 Å². The van der Waals surface area contributed by atoms with Crippen LogP contribution in [0.5, 0.6) is 0 Å². The van der Waals surface area contributed by atoms with Gasteiger partial charge in [0.25, 0.3) is 5.91 Å². The lowest BCUT2D eigenvalue weighted by Crippen LogP contribution is -2.45. The maximum Gasteiger partial charge on any atom is 0.252 e. The van der Waals surface area contributed by atoms with Gasteiger partial charge in [-0.05, 0) is 48.7 Å². The van der Waals surface area contributed by atoms with E-state index in [1.807, 2.05) is 12.1 Å². The highest BCUT2D eigenvalue weighted by Gasteiger charge is 2.33. The minimum absolute atomic E-state index is 0.239. The van der Waals surface area contributed by atoms with Crippen LogP contribution in [0.3, 0.4) is 0 Å². The molecular weight excluding hydrogens is 407 g/mol. The SMILES string of the molecule is O=C(NCCN1CCC(O)(c2ccc(Cl)cc2)CC1)c1cc(Cl)ccc1Cl. The third kappa shape index (κ3) is 5.15. The molecule has 0 aromatic heterocycles. The quantitative estimate of drug-likeness (QED) is 0.745. The smallest absolute Gasteiger partial charge is 0.252 e. The normalized spacial score (nSPS) is 16.9. The van der Waals surface area contributed by atoms with Crippen LogP contribution in [0.2, 0.25) is 15.1 Å². The summed E-state index contributed by atoms with van der Waals surface area (Å²) in [4.78, 5) is 14.5. The Labute approximate surface area is 174 Å². The number of nitrogens with one attached hydrogen (secondary N) is 1. The minimum atomic E-state index is -0.821. The van der Waals surface area contributed by atoms with E-state index in [0.29, 0.717) is 46.6 Å². The van der Waals surface area contributed by atoms with Gasteiger partial charge in [-0.25, -0.2) is 0 Å². The van der Waals surface area contributed by atoms with Crippen LogP contribution < -0.4 is 5.32 Å². The highest BCUT2D eigenvalue weighted by atomic mass is 35.5. The summed E-state index contributed by atoms with van der Waals surface area (Å²) in [6, 6.07) is 12.2. The molecule has 2 aromatic carbocycles. The van der Waals surface area contributed by atoms with Crippen LogP contribution in [0.4, 0.5) is 0 Å². The fraction of sp³-hybridized carbons (Fsp3) is 0.350. The van der Waals surface area contributed by atoms with E-state index < -0.39 is 5.60 Å². The summed E-state index contributed by atoms with van der Waals surface area (Å²) in [6.45, 7) is 2.72. The summed E-state index contributed by atoms with van der Waals surface area (Å²) in [5, 5.41) is 15.3. The average molecular weight is 428 g/mol. The van der Waals surface area contributed by atoms with Crippen LogP contribution in [-0.2, 0) is 5.60 Å². The van der Waals surface area contributed by atoms with Gasteiger partial charge in [0.15, 0.2) is 0 Å². The maximum absolute atomic E-state index is 12.3. The van der Waals surface area contributed by atoms with E-state index in [0.717, 1.165) is 18.7 Å². The largest absolute Gasteiger partial charge is 0.385 e. The molecule has 1 heterocycles. The van der Waals surface area contributed by atoms with Gasteiger partial charge in [0.1, 0.15) is 0 Å². The number of carbonyl (C=O) groups is 1. The molecule has 0 spiro atoms. The molecule has 1 saturated heterocycles. The van der Waals surface area contributed by atoms with Gasteiger partial charge in [0, 0.05) is 36.2 Å². The van der Waals surface area contributed by atoms with Crippen molar-refractivity contribution in [3.8, 4) is 0 Å². The standard InChI is InChI=1S/C20H21Cl3N2O2/c21-15-3-1-14(2-4-15)20(27)7-10-25(11-8-20)12-9-24-19(26)17-13-16(22)5-6-18(17)23/h1-6,13,27H,7-12H2,(H,24,26). The predicted octanol–water partition coefficient (Wildman–Crippen LogP) is 4.36. The van der Waals surface area contributed by atoms with Crippen LogP contribution in [0.1, 0.15) is 28.8 Å². The molecule has 4 nitrogen and oxygen atoms in total. The van der Waals surface area contributed by atoms with Gasteiger partial charge in [0.2, 0.25) is 0 Å². The van der Waals surface area contributed by atoms with Crippen LogP contribution in [-0.4, -0.2) is 42.1 Å². The van der Waals surface area contributed by atoms with Crippen LogP contribution in [0.25, 0.3) is 0 Å². The zero-order valence-electron chi connectivity index (χ0n) is 14.7. The van der Waals surface area contributed by atoms with Crippen LogP contribution in [0, 0.1) is 0 Å². The summed E-state index contributed by atoms with van der Waals surface area (Å²) >= 11 is 17.9. The molecular formula is C20H21Cl3N2O2. The Hall–Kier alpha value is -1.30. The Morgan fingerprint density at radius 2 is 1.67 bits per heavy atom. The van der Waals surface area contributed by atoms with Gasteiger partial charge in [-0.15, -0.1) is 0 Å². The molecule has 0 bridgehead atoms.